The lowest BCUT2D eigenvalue weighted by Gasteiger charge is -2.12. The molecule has 0 unspecified atom stereocenters. The number of aromatic nitrogens is 1. The lowest BCUT2D eigenvalue weighted by atomic mass is 9.96. The number of carbonyl (C=O) groups is 2. The molecule has 0 atom stereocenters. The highest BCUT2D eigenvalue weighted by molar-refractivity contribution is 5.99. The Balaban J connectivity index is 0. The van der Waals surface area contributed by atoms with E-state index in [1.807, 2.05) is 30.3 Å². The number of aryl methyl sites for hydroxylation is 3. The quantitative estimate of drug-likeness (QED) is 0.232. The average Bonchev–Trinajstić information content (AvgIpc) is 2.91. The van der Waals surface area contributed by atoms with Gasteiger partial charge in [0.2, 0.25) is 0 Å². The van der Waals surface area contributed by atoms with Crippen LogP contribution in [0.25, 0.3) is 11.3 Å². The summed E-state index contributed by atoms with van der Waals surface area (Å²) in [4.78, 5) is 30.0. The predicted octanol–water partition coefficient (Wildman–Crippen LogP) is 8.98. The van der Waals surface area contributed by atoms with Gasteiger partial charge in [-0.3, -0.25) is 14.6 Å². The van der Waals surface area contributed by atoms with E-state index in [4.69, 9.17) is 4.98 Å². The Morgan fingerprint density at radius 3 is 2.35 bits per heavy atom. The summed E-state index contributed by atoms with van der Waals surface area (Å²) in [6, 6.07) is 21.7. The van der Waals surface area contributed by atoms with Crippen molar-refractivity contribution in [3.8, 4) is 17.3 Å². The Kier molecular flexibility index (Phi) is 13.0. The number of nitrogens with zero attached hydrogens (tertiary/aromatic N) is 2. The molecule has 0 spiro atoms. The van der Waals surface area contributed by atoms with Crippen LogP contribution >= 0.6 is 0 Å². The Bertz CT molecular complexity index is 1220. The minimum atomic E-state index is -0.0389. The molecule has 1 aromatic heterocycles. The highest BCUT2D eigenvalue weighted by Gasteiger charge is 2.17. The van der Waals surface area contributed by atoms with Gasteiger partial charge in [0, 0.05) is 34.7 Å². The Morgan fingerprint density at radius 2 is 1.65 bits per heavy atom. The molecule has 3 rings (SSSR count). The third-order valence-corrected chi connectivity index (χ3v) is 6.00. The van der Waals surface area contributed by atoms with Gasteiger partial charge in [-0.05, 0) is 56.4 Å². The van der Waals surface area contributed by atoms with Gasteiger partial charge in [0.1, 0.15) is 5.78 Å². The predicted molar refractivity (Wildman–Crippen MR) is 158 cm³/mol. The van der Waals surface area contributed by atoms with E-state index in [-0.39, 0.29) is 28.7 Å². The largest absolute Gasteiger partial charge is 0.300 e. The van der Waals surface area contributed by atoms with Gasteiger partial charge >= 0.3 is 0 Å². The molecule has 200 valence electrons. The molecule has 0 bridgehead atoms. The highest BCUT2D eigenvalue weighted by atomic mass is 16.1. The molecule has 1 heterocycles. The standard InChI is InChI=1S/C30H32N2O2.C3H8.3H2/c1-3-4-13-25(33)16-19-30(34)27-17-18-29(26-14-6-5-12-24(26)21-31)32-28(27)15-8-11-23-10-7-9-22(2)20-23;1-3-2;;;/h5-7,9-10,12,14,17-18,20H,3-4,8,11,13,15-16,19H2,1-2H3;3H2,1-2H3;3*1H. The van der Waals surface area contributed by atoms with Crippen molar-refractivity contribution in [3.05, 3.63) is 88.6 Å². The summed E-state index contributed by atoms with van der Waals surface area (Å²) in [6.07, 6.45) is 6.52. The Hall–Kier alpha value is -3.58. The van der Waals surface area contributed by atoms with Crippen molar-refractivity contribution in [2.24, 2.45) is 0 Å². The van der Waals surface area contributed by atoms with Gasteiger partial charge in [0.25, 0.3) is 0 Å². The maximum absolute atomic E-state index is 13.0. The third kappa shape index (κ3) is 9.77. The normalized spacial score (nSPS) is 10.2. The summed E-state index contributed by atoms with van der Waals surface area (Å²) in [5.41, 5.74) is 5.84. The van der Waals surface area contributed by atoms with E-state index < -0.39 is 0 Å². The first-order valence-corrected chi connectivity index (χ1v) is 13.5. The highest BCUT2D eigenvalue weighted by Crippen LogP contribution is 2.25. The van der Waals surface area contributed by atoms with Crippen LogP contribution in [0.1, 0.15) is 103 Å². The van der Waals surface area contributed by atoms with E-state index in [2.05, 4.69) is 58.0 Å². The second kappa shape index (κ2) is 16.2. The number of carbonyl (C=O) groups excluding carboxylic acids is 2. The molecular formula is C33H46N2O2. The molecule has 0 aliphatic heterocycles. The number of nitriles is 1. The number of unbranched alkanes of at least 4 members (excludes halogenated alkanes) is 1. The molecule has 4 heteroatoms. The van der Waals surface area contributed by atoms with Crippen LogP contribution in [0.5, 0.6) is 0 Å². The smallest absolute Gasteiger partial charge is 0.165 e. The van der Waals surface area contributed by atoms with Crippen molar-refractivity contribution >= 4 is 11.6 Å². The summed E-state index contributed by atoms with van der Waals surface area (Å²) in [5.74, 6) is 0.103. The van der Waals surface area contributed by atoms with Crippen LogP contribution in [-0.4, -0.2) is 16.6 Å². The van der Waals surface area contributed by atoms with Gasteiger partial charge < -0.3 is 0 Å². The summed E-state index contributed by atoms with van der Waals surface area (Å²) < 4.78 is 0. The Morgan fingerprint density at radius 1 is 0.892 bits per heavy atom. The van der Waals surface area contributed by atoms with E-state index in [9.17, 15) is 14.9 Å². The molecule has 0 aliphatic rings. The zero-order valence-electron chi connectivity index (χ0n) is 22.8. The van der Waals surface area contributed by atoms with Gasteiger partial charge in [-0.2, -0.15) is 5.26 Å². The van der Waals surface area contributed by atoms with Crippen LogP contribution in [0.3, 0.4) is 0 Å². The molecule has 4 nitrogen and oxygen atoms in total. The minimum Gasteiger partial charge on any atom is -0.300 e. The molecule has 2 aromatic carbocycles. The first-order valence-electron chi connectivity index (χ1n) is 13.5. The minimum absolute atomic E-state index is 0. The summed E-state index contributed by atoms with van der Waals surface area (Å²) in [5, 5.41) is 9.50. The zero-order valence-corrected chi connectivity index (χ0v) is 22.8. The number of Topliss-reactive ketones (excluding diaryl/α,β-unsaturated/α-hetero) is 2. The van der Waals surface area contributed by atoms with E-state index in [1.54, 1.807) is 6.07 Å². The number of rotatable bonds is 12. The molecule has 0 saturated heterocycles. The molecule has 0 amide bonds. The molecule has 0 N–H and O–H groups in total. The van der Waals surface area contributed by atoms with Crippen molar-refractivity contribution < 1.29 is 13.9 Å². The first kappa shape index (κ1) is 29.6. The van der Waals surface area contributed by atoms with Crippen molar-refractivity contribution in [3.63, 3.8) is 0 Å². The van der Waals surface area contributed by atoms with Gasteiger partial charge in [-0.15, -0.1) is 0 Å². The second-order valence-electron chi connectivity index (χ2n) is 9.46. The monoisotopic (exact) mass is 502 g/mol. The van der Waals surface area contributed by atoms with E-state index in [0.717, 1.165) is 36.9 Å². The van der Waals surface area contributed by atoms with Gasteiger partial charge in [-0.1, -0.05) is 81.6 Å². The van der Waals surface area contributed by atoms with E-state index in [1.165, 1.54) is 17.5 Å². The number of hydrogen-bond donors (Lipinski definition) is 0. The fourth-order valence-electron chi connectivity index (χ4n) is 4.11. The molecule has 37 heavy (non-hydrogen) atoms. The lowest BCUT2D eigenvalue weighted by Crippen LogP contribution is -2.10. The topological polar surface area (TPSA) is 70.8 Å². The van der Waals surface area contributed by atoms with E-state index >= 15 is 0 Å². The molecule has 3 aromatic rings. The molecular weight excluding hydrogens is 456 g/mol. The third-order valence-electron chi connectivity index (χ3n) is 6.00. The number of hydrogen-bond acceptors (Lipinski definition) is 4. The molecule has 0 saturated carbocycles. The number of benzene rings is 2. The number of ketones is 2. The summed E-state index contributed by atoms with van der Waals surface area (Å²) >= 11 is 0. The zero-order chi connectivity index (χ0) is 27.0. The van der Waals surface area contributed by atoms with E-state index in [0.29, 0.717) is 29.7 Å². The summed E-state index contributed by atoms with van der Waals surface area (Å²) in [6.45, 7) is 8.39. The average molecular weight is 503 g/mol. The van der Waals surface area contributed by atoms with Crippen molar-refractivity contribution in [2.45, 2.75) is 85.5 Å². The second-order valence-corrected chi connectivity index (χ2v) is 9.46. The Labute approximate surface area is 227 Å². The van der Waals surface area contributed by atoms with Crippen LogP contribution in [0.2, 0.25) is 0 Å². The SMILES string of the molecule is CCC.CCCCC(=O)CCC(=O)c1ccc(-c2ccccc2C#N)nc1CCCc1cccc(C)c1.[HH].[HH].[HH]. The van der Waals surface area contributed by atoms with Crippen LogP contribution in [0, 0.1) is 18.3 Å². The van der Waals surface area contributed by atoms with Crippen LogP contribution in [0.15, 0.2) is 60.7 Å². The fraction of sp³-hybridized carbons (Fsp3) is 0.394. The van der Waals surface area contributed by atoms with Crippen molar-refractivity contribution in [1.29, 1.82) is 5.26 Å². The van der Waals surface area contributed by atoms with Crippen LogP contribution < -0.4 is 0 Å². The molecule has 0 radical (unpaired) electrons. The molecule has 0 aliphatic carbocycles. The van der Waals surface area contributed by atoms with Gasteiger partial charge in [0.05, 0.1) is 23.0 Å². The van der Waals surface area contributed by atoms with Crippen molar-refractivity contribution in [1.82, 2.24) is 4.98 Å². The fourth-order valence-corrected chi connectivity index (χ4v) is 4.11. The summed E-state index contributed by atoms with van der Waals surface area (Å²) in [7, 11) is 0. The maximum Gasteiger partial charge on any atom is 0.165 e. The van der Waals surface area contributed by atoms with Crippen LogP contribution in [0.4, 0.5) is 0 Å². The first-order chi connectivity index (χ1) is 17.9. The van der Waals surface area contributed by atoms with Gasteiger partial charge in [0.15, 0.2) is 5.78 Å². The number of pyridine rings is 1. The maximum atomic E-state index is 13.0. The van der Waals surface area contributed by atoms with Crippen molar-refractivity contribution in [2.75, 3.05) is 0 Å². The lowest BCUT2D eigenvalue weighted by molar-refractivity contribution is -0.119. The van der Waals surface area contributed by atoms with Gasteiger partial charge in [-0.25, -0.2) is 0 Å². The molecule has 0 fully saturated rings. The van der Waals surface area contributed by atoms with Crippen LogP contribution in [-0.2, 0) is 17.6 Å².